The van der Waals surface area contributed by atoms with Gasteiger partial charge in [0.1, 0.15) is 0 Å². The van der Waals surface area contributed by atoms with Crippen molar-refractivity contribution in [2.24, 2.45) is 27.4 Å². The van der Waals surface area contributed by atoms with Gasteiger partial charge in [0.05, 0.1) is 11.8 Å². The molecule has 6 N–H and O–H groups in total. The maximum absolute atomic E-state index is 13.1. The number of likely N-dealkylation sites (tertiary alicyclic amines) is 1. The average Bonchev–Trinajstić information content (AvgIpc) is 3.52. The minimum Gasteiger partial charge on any atom is -0.370 e. The topological polar surface area (TPSA) is 138 Å². The molecule has 0 bridgehead atoms. The molecule has 34 heavy (non-hydrogen) atoms. The first-order valence-electron chi connectivity index (χ1n) is 13.4. The van der Waals surface area contributed by atoms with E-state index in [0.717, 1.165) is 76.8 Å². The first-order chi connectivity index (χ1) is 16.5. The highest BCUT2D eigenvalue weighted by Gasteiger charge is 2.34. The molecule has 2 heterocycles. The van der Waals surface area contributed by atoms with Crippen molar-refractivity contribution in [1.82, 2.24) is 15.5 Å². The second-order valence-electron chi connectivity index (χ2n) is 10.0. The quantitative estimate of drug-likeness (QED) is 0.180. The number of nitrogens with one attached hydrogen (secondary N) is 2. The minimum absolute atomic E-state index is 0.0853. The fraction of sp³-hybridized carbons (Fsp3) is 0.840. The molecule has 9 heteroatoms. The number of nitrogens with two attached hydrogens (primary N) is 2. The van der Waals surface area contributed by atoms with Gasteiger partial charge >= 0.3 is 0 Å². The summed E-state index contributed by atoms with van der Waals surface area (Å²) >= 11 is 0. The van der Waals surface area contributed by atoms with Crippen molar-refractivity contribution >= 4 is 23.4 Å². The maximum atomic E-state index is 13.1. The van der Waals surface area contributed by atoms with Gasteiger partial charge in [-0.15, -0.1) is 0 Å². The summed E-state index contributed by atoms with van der Waals surface area (Å²) in [5.74, 6) is 0.648. The van der Waals surface area contributed by atoms with E-state index in [4.69, 9.17) is 11.5 Å². The highest BCUT2D eigenvalue weighted by Crippen LogP contribution is 2.25. The van der Waals surface area contributed by atoms with Crippen LogP contribution in [0.5, 0.6) is 0 Å². The lowest BCUT2D eigenvalue weighted by Crippen LogP contribution is -2.50. The Morgan fingerprint density at radius 1 is 1.09 bits per heavy atom. The molecular weight excluding hydrogens is 430 g/mol. The van der Waals surface area contributed by atoms with E-state index >= 15 is 0 Å². The number of ketones is 1. The van der Waals surface area contributed by atoms with Gasteiger partial charge in [-0.05, 0) is 57.9 Å². The largest absolute Gasteiger partial charge is 0.370 e. The number of carbonyl (C=O) groups excluding carboxylic acids is 2. The molecule has 1 amide bonds. The van der Waals surface area contributed by atoms with Crippen LogP contribution in [0, 0.1) is 5.92 Å². The molecule has 3 aliphatic rings. The van der Waals surface area contributed by atoms with E-state index in [0.29, 0.717) is 25.0 Å². The summed E-state index contributed by atoms with van der Waals surface area (Å²) < 4.78 is 0. The van der Waals surface area contributed by atoms with Crippen LogP contribution in [0.2, 0.25) is 0 Å². The predicted octanol–water partition coefficient (Wildman–Crippen LogP) is 1.35. The number of Topliss-reactive ketones (excluding diaryl/α,β-unsaturated/α-hetero) is 1. The number of likely N-dealkylation sites (N-methyl/N-ethyl adjacent to an activating group) is 1. The number of rotatable bonds is 13. The van der Waals surface area contributed by atoms with Gasteiger partial charge in [-0.2, -0.15) is 0 Å². The fourth-order valence-electron chi connectivity index (χ4n) is 5.75. The zero-order chi connectivity index (χ0) is 24.3. The fourth-order valence-corrected chi connectivity index (χ4v) is 5.75. The molecule has 9 nitrogen and oxygen atoms in total. The van der Waals surface area contributed by atoms with Crippen molar-refractivity contribution in [3.63, 3.8) is 0 Å². The summed E-state index contributed by atoms with van der Waals surface area (Å²) in [4.78, 5) is 36.6. The summed E-state index contributed by atoms with van der Waals surface area (Å²) in [5.41, 5.74) is 11.6. The van der Waals surface area contributed by atoms with Crippen LogP contribution < -0.4 is 22.1 Å². The Morgan fingerprint density at radius 3 is 2.47 bits per heavy atom. The van der Waals surface area contributed by atoms with Crippen molar-refractivity contribution < 1.29 is 9.59 Å². The third kappa shape index (κ3) is 7.77. The van der Waals surface area contributed by atoms with Crippen molar-refractivity contribution in [3.8, 4) is 0 Å². The molecule has 2 fully saturated rings. The van der Waals surface area contributed by atoms with Gasteiger partial charge in [-0.25, -0.2) is 0 Å². The van der Waals surface area contributed by atoms with Gasteiger partial charge in [0.2, 0.25) is 5.91 Å². The van der Waals surface area contributed by atoms with Crippen LogP contribution in [0.4, 0.5) is 0 Å². The third-order valence-corrected chi connectivity index (χ3v) is 7.64. The van der Waals surface area contributed by atoms with Crippen LogP contribution in [0.3, 0.4) is 0 Å². The lowest BCUT2D eigenvalue weighted by Gasteiger charge is -2.31. The van der Waals surface area contributed by atoms with E-state index in [9.17, 15) is 9.59 Å². The zero-order valence-electron chi connectivity index (χ0n) is 20.9. The third-order valence-electron chi connectivity index (χ3n) is 7.64. The molecular formula is C25H45N7O2. The molecule has 3 atom stereocenters. The van der Waals surface area contributed by atoms with Gasteiger partial charge in [-0.1, -0.05) is 26.2 Å². The van der Waals surface area contributed by atoms with Crippen molar-refractivity contribution in [1.29, 1.82) is 0 Å². The van der Waals surface area contributed by atoms with Crippen molar-refractivity contribution in [3.05, 3.63) is 0 Å². The van der Waals surface area contributed by atoms with E-state index in [-0.39, 0.29) is 29.6 Å². The average molecular weight is 476 g/mol. The van der Waals surface area contributed by atoms with Gasteiger partial charge in [0.25, 0.3) is 0 Å². The van der Waals surface area contributed by atoms with E-state index < -0.39 is 0 Å². The number of amides is 1. The van der Waals surface area contributed by atoms with Crippen molar-refractivity contribution in [2.75, 3.05) is 32.7 Å². The Kier molecular flexibility index (Phi) is 10.8. The minimum atomic E-state index is -0.255. The highest BCUT2D eigenvalue weighted by atomic mass is 16.2. The number of hydrogen-bond donors (Lipinski definition) is 4. The lowest BCUT2D eigenvalue weighted by atomic mass is 9.88. The molecule has 0 radical (unpaired) electrons. The Hall–Kier alpha value is -2.00. The van der Waals surface area contributed by atoms with Crippen LogP contribution in [-0.4, -0.2) is 79.1 Å². The second kappa shape index (κ2) is 13.8. The van der Waals surface area contributed by atoms with E-state index in [1.165, 1.54) is 19.3 Å². The van der Waals surface area contributed by atoms with Crippen LogP contribution in [-0.2, 0) is 9.59 Å². The Morgan fingerprint density at radius 2 is 1.82 bits per heavy atom. The Labute approximate surface area is 204 Å². The number of guanidine groups is 1. The summed E-state index contributed by atoms with van der Waals surface area (Å²) in [6, 6.07) is 0.467. The molecule has 1 saturated carbocycles. The molecule has 0 aromatic rings. The molecule has 0 aromatic carbocycles. The number of nitrogens with zero attached hydrogens (tertiary/aromatic N) is 3. The van der Waals surface area contributed by atoms with Gasteiger partial charge in [-0.3, -0.25) is 24.5 Å². The molecule has 3 rings (SSSR count). The standard InChI is InChI=1S/C25H45N7O2/c1-2-32-19(12-13-20(32)17-31-24(34)18-8-4-3-5-9-18)16-30-22(11-7-15-29-25(26)27)23(33)21-10-6-14-28-21/h18-20,22,30H,2-17H2,1H3,(H,31,34)(H4,26,27,29)/t19-,20-,22?/m0/s1. The maximum Gasteiger partial charge on any atom is 0.223 e. The van der Waals surface area contributed by atoms with Crippen LogP contribution in [0.1, 0.15) is 77.6 Å². The molecule has 1 unspecified atom stereocenters. The summed E-state index contributed by atoms with van der Waals surface area (Å²) in [6.45, 7) is 5.87. The van der Waals surface area contributed by atoms with Crippen LogP contribution in [0.25, 0.3) is 0 Å². The SMILES string of the molecule is CCN1[C@H](CNC(=O)C2CCCCC2)CC[C@H]1CNC(CCCN=C(N)N)C(=O)C1=NCCC1. The van der Waals surface area contributed by atoms with Crippen LogP contribution in [0.15, 0.2) is 9.98 Å². The molecule has 1 saturated heterocycles. The van der Waals surface area contributed by atoms with Crippen LogP contribution >= 0.6 is 0 Å². The van der Waals surface area contributed by atoms with E-state index in [2.05, 4.69) is 32.4 Å². The first-order valence-corrected chi connectivity index (χ1v) is 13.4. The summed E-state index contributed by atoms with van der Waals surface area (Å²) in [6.07, 6.45) is 11.0. The van der Waals surface area contributed by atoms with Gasteiger partial charge in [0.15, 0.2) is 11.7 Å². The van der Waals surface area contributed by atoms with E-state index in [1.807, 2.05) is 0 Å². The van der Waals surface area contributed by atoms with Crippen molar-refractivity contribution in [2.45, 2.75) is 95.7 Å². The Balaban J connectivity index is 1.50. The molecule has 0 spiro atoms. The molecule has 192 valence electrons. The second-order valence-corrected chi connectivity index (χ2v) is 10.0. The highest BCUT2D eigenvalue weighted by molar-refractivity contribution is 6.42. The zero-order valence-corrected chi connectivity index (χ0v) is 20.9. The molecule has 1 aliphatic carbocycles. The monoisotopic (exact) mass is 475 g/mol. The van der Waals surface area contributed by atoms with Gasteiger partial charge in [0, 0.05) is 44.2 Å². The molecule has 0 aromatic heterocycles. The predicted molar refractivity (Wildman–Crippen MR) is 137 cm³/mol. The molecule has 2 aliphatic heterocycles. The number of hydrogen-bond acceptors (Lipinski definition) is 6. The van der Waals surface area contributed by atoms with E-state index in [1.54, 1.807) is 0 Å². The number of carbonyl (C=O) groups is 2. The smallest absolute Gasteiger partial charge is 0.223 e. The Bertz CT molecular complexity index is 729. The first kappa shape index (κ1) is 26.6. The lowest BCUT2D eigenvalue weighted by molar-refractivity contribution is -0.126. The summed E-state index contributed by atoms with van der Waals surface area (Å²) in [5, 5.41) is 6.80. The number of aliphatic imine (C=N–C) groups is 2. The normalized spacial score (nSPS) is 24.6. The van der Waals surface area contributed by atoms with Gasteiger partial charge < -0.3 is 22.1 Å². The summed E-state index contributed by atoms with van der Waals surface area (Å²) in [7, 11) is 0.